The summed E-state index contributed by atoms with van der Waals surface area (Å²) in [5.74, 6) is 1.38. The molecule has 1 aromatic carbocycles. The summed E-state index contributed by atoms with van der Waals surface area (Å²) in [6.45, 7) is 10.3. The van der Waals surface area contributed by atoms with Crippen LogP contribution in [0.25, 0.3) is 0 Å². The van der Waals surface area contributed by atoms with Crippen LogP contribution in [0, 0.1) is 16.0 Å². The number of nitro benzene ring substituents is 1. The molecule has 1 aliphatic carbocycles. The summed E-state index contributed by atoms with van der Waals surface area (Å²) in [6, 6.07) is 5.11. The van der Waals surface area contributed by atoms with Gasteiger partial charge < -0.3 is 15.0 Å². The van der Waals surface area contributed by atoms with Crippen LogP contribution < -0.4 is 10.1 Å². The lowest BCUT2D eigenvalue weighted by molar-refractivity contribution is -0.388. The zero-order valence-corrected chi connectivity index (χ0v) is 23.9. The molecule has 0 amide bonds. The summed E-state index contributed by atoms with van der Waals surface area (Å²) in [6.07, 6.45) is 7.44. The number of rotatable bonds is 15. The Balaban J connectivity index is 1.45. The third-order valence-corrected chi connectivity index (χ3v) is 7.56. The van der Waals surface area contributed by atoms with E-state index >= 15 is 0 Å². The normalized spacial score (nSPS) is 18.5. The van der Waals surface area contributed by atoms with Gasteiger partial charge in [-0.3, -0.25) is 15.1 Å². The molecule has 222 valence electrons. The fourth-order valence-electron chi connectivity index (χ4n) is 5.36. The van der Waals surface area contributed by atoms with Gasteiger partial charge in [-0.1, -0.05) is 20.8 Å². The largest absolute Gasteiger partial charge is 0.489 e. The summed E-state index contributed by atoms with van der Waals surface area (Å²) < 4.78 is 46.1. The third kappa shape index (κ3) is 9.94. The maximum Gasteiger partial charge on any atom is 0.423 e. The van der Waals surface area contributed by atoms with Crippen LogP contribution in [-0.4, -0.2) is 46.6 Å². The van der Waals surface area contributed by atoms with E-state index < -0.39 is 22.4 Å². The van der Waals surface area contributed by atoms with E-state index in [9.17, 15) is 23.3 Å². The first-order valence-electron chi connectivity index (χ1n) is 14.5. The van der Waals surface area contributed by atoms with Crippen molar-refractivity contribution in [2.45, 2.75) is 96.9 Å². The Bertz CT molecular complexity index is 1070. The van der Waals surface area contributed by atoms with E-state index in [4.69, 9.17) is 4.74 Å². The van der Waals surface area contributed by atoms with Crippen LogP contribution in [0.5, 0.6) is 5.75 Å². The number of anilines is 1. The number of pyridine rings is 1. The highest BCUT2D eigenvalue weighted by molar-refractivity contribution is 5.55. The number of nitrogens with one attached hydrogen (secondary N) is 1. The van der Waals surface area contributed by atoms with Crippen molar-refractivity contribution in [2.24, 2.45) is 5.92 Å². The van der Waals surface area contributed by atoms with Gasteiger partial charge in [-0.25, -0.2) is 0 Å². The first kappa shape index (κ1) is 31.6. The molecule has 2 aromatic rings. The van der Waals surface area contributed by atoms with Crippen LogP contribution >= 0.6 is 0 Å². The molecule has 1 N–H and O–H groups in total. The maximum absolute atomic E-state index is 13.3. The van der Waals surface area contributed by atoms with Crippen molar-refractivity contribution in [1.82, 2.24) is 9.88 Å². The standard InChI is InChI=1S/C30H43F3N4O3/c1-4-15-36(16-5-2)17-14-22(3)6-7-23-18-27(21-34-20-23)40-26-11-8-24(9-12-26)35-25-10-13-29(37(38)39)28(19-25)30(31,32)33/h10,13,18-22,24,26,35H,4-9,11-12,14-17H2,1-3H3. The summed E-state index contributed by atoms with van der Waals surface area (Å²) in [4.78, 5) is 16.9. The molecular weight excluding hydrogens is 521 g/mol. The predicted molar refractivity (Wildman–Crippen MR) is 152 cm³/mol. The SMILES string of the molecule is CCCN(CCC)CCC(C)CCc1cncc(OC2CCC(Nc3ccc([N+](=O)[O-])c(C(F)(F)F)c3)CC2)c1. The van der Waals surface area contributed by atoms with Gasteiger partial charge in [0.15, 0.2) is 0 Å². The first-order chi connectivity index (χ1) is 19.1. The topological polar surface area (TPSA) is 80.5 Å². The van der Waals surface area contributed by atoms with E-state index in [-0.39, 0.29) is 17.8 Å². The van der Waals surface area contributed by atoms with Crippen molar-refractivity contribution in [3.05, 3.63) is 57.9 Å². The molecule has 0 bridgehead atoms. The number of benzene rings is 1. The lowest BCUT2D eigenvalue weighted by atomic mass is 9.92. The second-order valence-electron chi connectivity index (χ2n) is 11.0. The van der Waals surface area contributed by atoms with Crippen LogP contribution in [0.4, 0.5) is 24.5 Å². The van der Waals surface area contributed by atoms with Crippen LogP contribution in [0.3, 0.4) is 0 Å². The minimum Gasteiger partial charge on any atom is -0.489 e. The van der Waals surface area contributed by atoms with Crippen molar-refractivity contribution in [3.63, 3.8) is 0 Å². The number of hydrogen-bond acceptors (Lipinski definition) is 6. The average Bonchev–Trinajstić information content (AvgIpc) is 2.91. The van der Waals surface area contributed by atoms with E-state index in [0.717, 1.165) is 81.6 Å². The van der Waals surface area contributed by atoms with Gasteiger partial charge in [0.2, 0.25) is 0 Å². The van der Waals surface area contributed by atoms with Gasteiger partial charge in [0.25, 0.3) is 5.69 Å². The summed E-state index contributed by atoms with van der Waals surface area (Å²) in [7, 11) is 0. The number of ether oxygens (including phenoxy) is 1. The molecule has 0 aliphatic heterocycles. The number of halogens is 3. The molecule has 7 nitrogen and oxygen atoms in total. The fraction of sp³-hybridized carbons (Fsp3) is 0.633. The molecule has 1 aromatic heterocycles. The zero-order valence-electron chi connectivity index (χ0n) is 23.9. The molecule has 1 unspecified atom stereocenters. The molecule has 40 heavy (non-hydrogen) atoms. The monoisotopic (exact) mass is 564 g/mol. The second-order valence-corrected chi connectivity index (χ2v) is 11.0. The minimum absolute atomic E-state index is 0.0136. The quantitative estimate of drug-likeness (QED) is 0.175. The lowest BCUT2D eigenvalue weighted by Crippen LogP contribution is -2.31. The summed E-state index contributed by atoms with van der Waals surface area (Å²) in [5, 5.41) is 14.1. The molecule has 1 atom stereocenters. The first-order valence-corrected chi connectivity index (χ1v) is 14.5. The molecule has 0 spiro atoms. The Morgan fingerprint density at radius 3 is 2.40 bits per heavy atom. The van der Waals surface area contributed by atoms with Gasteiger partial charge in [0.05, 0.1) is 17.2 Å². The predicted octanol–water partition coefficient (Wildman–Crippen LogP) is 7.89. The van der Waals surface area contributed by atoms with Crippen LogP contribution in [0.1, 0.15) is 83.3 Å². The highest BCUT2D eigenvalue weighted by Crippen LogP contribution is 2.38. The van der Waals surface area contributed by atoms with E-state index in [1.807, 2.05) is 6.20 Å². The summed E-state index contributed by atoms with van der Waals surface area (Å²) >= 11 is 0. The smallest absolute Gasteiger partial charge is 0.423 e. The number of alkyl halides is 3. The molecule has 1 aliphatic rings. The van der Waals surface area contributed by atoms with Crippen molar-refractivity contribution in [2.75, 3.05) is 25.0 Å². The van der Waals surface area contributed by atoms with Gasteiger partial charge in [-0.2, -0.15) is 13.2 Å². The minimum atomic E-state index is -4.79. The molecule has 0 radical (unpaired) electrons. The number of nitrogens with zero attached hydrogens (tertiary/aromatic N) is 3. The highest BCUT2D eigenvalue weighted by Gasteiger charge is 2.38. The molecular formula is C30H43F3N4O3. The van der Waals surface area contributed by atoms with E-state index in [0.29, 0.717) is 5.92 Å². The Labute approximate surface area is 235 Å². The van der Waals surface area contributed by atoms with Gasteiger partial charge in [-0.05, 0) is 107 Å². The van der Waals surface area contributed by atoms with Gasteiger partial charge in [0.1, 0.15) is 11.3 Å². The van der Waals surface area contributed by atoms with Gasteiger partial charge in [-0.15, -0.1) is 0 Å². The maximum atomic E-state index is 13.3. The molecule has 10 heteroatoms. The Morgan fingerprint density at radius 1 is 1.07 bits per heavy atom. The molecule has 0 saturated heterocycles. The van der Waals surface area contributed by atoms with Crippen molar-refractivity contribution >= 4 is 11.4 Å². The molecule has 1 saturated carbocycles. The van der Waals surface area contributed by atoms with Crippen molar-refractivity contribution in [3.8, 4) is 5.75 Å². The molecule has 3 rings (SSSR count). The molecule has 1 fully saturated rings. The van der Waals surface area contributed by atoms with E-state index in [1.54, 1.807) is 6.20 Å². The van der Waals surface area contributed by atoms with Crippen molar-refractivity contribution in [1.29, 1.82) is 0 Å². The number of aryl methyl sites for hydroxylation is 1. The number of nitro groups is 1. The fourth-order valence-corrected chi connectivity index (χ4v) is 5.36. The lowest BCUT2D eigenvalue weighted by Gasteiger charge is -2.30. The highest BCUT2D eigenvalue weighted by atomic mass is 19.4. The Hall–Kier alpha value is -2.88. The Morgan fingerprint density at radius 2 is 1.77 bits per heavy atom. The number of hydrogen-bond donors (Lipinski definition) is 1. The number of aromatic nitrogens is 1. The van der Waals surface area contributed by atoms with Crippen LogP contribution in [0.15, 0.2) is 36.7 Å². The average molecular weight is 565 g/mol. The van der Waals surface area contributed by atoms with E-state index in [1.165, 1.54) is 25.3 Å². The zero-order chi connectivity index (χ0) is 29.1. The van der Waals surface area contributed by atoms with Gasteiger partial charge >= 0.3 is 6.18 Å². The van der Waals surface area contributed by atoms with Crippen LogP contribution in [0.2, 0.25) is 0 Å². The van der Waals surface area contributed by atoms with Gasteiger partial charge in [0, 0.05) is 24.0 Å². The van der Waals surface area contributed by atoms with E-state index in [2.05, 4.69) is 42.0 Å². The third-order valence-electron chi connectivity index (χ3n) is 7.56. The van der Waals surface area contributed by atoms with Crippen molar-refractivity contribution < 1.29 is 22.8 Å². The Kier molecular flexibility index (Phi) is 12.0. The van der Waals surface area contributed by atoms with Crippen LogP contribution in [-0.2, 0) is 12.6 Å². The summed E-state index contributed by atoms with van der Waals surface area (Å²) in [5.41, 5.74) is -0.781. The molecule has 1 heterocycles. The second kappa shape index (κ2) is 15.2.